The zero-order valence-electron chi connectivity index (χ0n) is 15.4. The van der Waals surface area contributed by atoms with Gasteiger partial charge in [-0.15, -0.1) is 0 Å². The Bertz CT molecular complexity index is 801. The number of carbonyl (C=O) groups is 4. The Morgan fingerprint density at radius 1 is 0.690 bits per heavy atom. The molecule has 4 aliphatic rings. The maximum atomic E-state index is 12.7. The second kappa shape index (κ2) is 6.84. The number of carbonyl (C=O) groups excluding carboxylic acids is 2. The predicted octanol–water partition coefficient (Wildman–Crippen LogP) is 1.05. The fourth-order valence-corrected chi connectivity index (χ4v) is 6.61. The molecule has 10 unspecified atom stereocenters. The van der Waals surface area contributed by atoms with Crippen molar-refractivity contribution in [3.8, 4) is 12.1 Å². The van der Waals surface area contributed by atoms with Crippen molar-refractivity contribution in [1.82, 2.24) is 0 Å². The van der Waals surface area contributed by atoms with Crippen LogP contribution in [0.25, 0.3) is 0 Å². The highest BCUT2D eigenvalue weighted by Crippen LogP contribution is 2.57. The van der Waals surface area contributed by atoms with Crippen LogP contribution in [-0.2, 0) is 23.9 Å². The van der Waals surface area contributed by atoms with Gasteiger partial charge >= 0.3 is 23.9 Å². The number of ether oxygens (including phenoxy) is 1. The lowest BCUT2D eigenvalue weighted by Crippen LogP contribution is -2.42. The molecule has 4 saturated carbocycles. The molecule has 4 fully saturated rings. The van der Waals surface area contributed by atoms with Crippen LogP contribution in [0.4, 0.5) is 0 Å². The van der Waals surface area contributed by atoms with Gasteiger partial charge in [-0.05, 0) is 49.4 Å². The third kappa shape index (κ3) is 2.79. The normalized spacial score (nSPS) is 44.1. The van der Waals surface area contributed by atoms with Crippen LogP contribution in [0.1, 0.15) is 25.7 Å². The smallest absolute Gasteiger partial charge is 0.317 e. The topological polar surface area (TPSA) is 166 Å². The molecule has 4 bridgehead atoms. The zero-order valence-corrected chi connectivity index (χ0v) is 15.4. The van der Waals surface area contributed by atoms with Crippen molar-refractivity contribution in [3.05, 3.63) is 0 Å². The van der Waals surface area contributed by atoms with E-state index in [1.165, 1.54) is 0 Å². The number of esters is 2. The summed E-state index contributed by atoms with van der Waals surface area (Å²) >= 11 is 0. The zero-order chi connectivity index (χ0) is 21.0. The van der Waals surface area contributed by atoms with Crippen molar-refractivity contribution in [2.75, 3.05) is 0 Å². The van der Waals surface area contributed by atoms with Gasteiger partial charge < -0.3 is 14.9 Å². The van der Waals surface area contributed by atoms with E-state index >= 15 is 0 Å². The number of hydrogen-bond donors (Lipinski definition) is 2. The molecule has 4 aliphatic carbocycles. The Hall–Kier alpha value is -2.94. The summed E-state index contributed by atoms with van der Waals surface area (Å²) < 4.78 is 5.05. The molecule has 0 aromatic carbocycles. The van der Waals surface area contributed by atoms with Gasteiger partial charge in [-0.1, -0.05) is 0 Å². The van der Waals surface area contributed by atoms with Crippen molar-refractivity contribution in [2.45, 2.75) is 25.7 Å². The summed E-state index contributed by atoms with van der Waals surface area (Å²) in [7, 11) is 0. The monoisotopic (exact) mass is 400 g/mol. The summed E-state index contributed by atoms with van der Waals surface area (Å²) in [6.45, 7) is 0. The highest BCUT2D eigenvalue weighted by atomic mass is 16.6. The van der Waals surface area contributed by atoms with Gasteiger partial charge in [0.1, 0.15) is 0 Å². The Morgan fingerprint density at radius 2 is 1.07 bits per heavy atom. The quantitative estimate of drug-likeness (QED) is 0.518. The molecule has 4 rings (SSSR count). The molecule has 0 amide bonds. The average molecular weight is 400 g/mol. The third-order valence-electron chi connectivity index (χ3n) is 7.66. The Balaban J connectivity index is 1.50. The maximum Gasteiger partial charge on any atom is 0.317 e. The summed E-state index contributed by atoms with van der Waals surface area (Å²) in [5.74, 6) is -10.8. The summed E-state index contributed by atoms with van der Waals surface area (Å²) in [6, 6.07) is 4.19. The van der Waals surface area contributed by atoms with Crippen molar-refractivity contribution >= 4 is 23.9 Å². The first kappa shape index (κ1) is 19.4. The number of hydrogen-bond acceptors (Lipinski definition) is 7. The average Bonchev–Trinajstić information content (AvgIpc) is 3.43. The second-order valence-corrected chi connectivity index (χ2v) is 8.78. The standard InChI is InChI=1S/C20H20N2O7/c21-5-9-1-7-3-11(9)15(17(23)24)13(7)19(27)29-20(28)14-8-2-10(6-22)12(4-8)16(14)18(25)26/h7-16H,1-4H2,(H,23,24)(H,25,26). The van der Waals surface area contributed by atoms with Crippen molar-refractivity contribution in [1.29, 1.82) is 10.5 Å². The van der Waals surface area contributed by atoms with E-state index in [1.807, 2.05) is 0 Å². The van der Waals surface area contributed by atoms with Crippen LogP contribution in [-0.4, -0.2) is 34.1 Å². The SMILES string of the molecule is N#CC1CC2CC1C(C(=O)O)C2C(=O)OC(=O)C1C2CC(C#N)C(C2)C1C(=O)O. The van der Waals surface area contributed by atoms with Crippen LogP contribution in [0.2, 0.25) is 0 Å². The lowest BCUT2D eigenvalue weighted by molar-refractivity contribution is -0.175. The van der Waals surface area contributed by atoms with E-state index in [4.69, 9.17) is 4.74 Å². The van der Waals surface area contributed by atoms with Gasteiger partial charge in [0.25, 0.3) is 0 Å². The molecule has 0 heterocycles. The highest BCUT2D eigenvalue weighted by Gasteiger charge is 2.61. The van der Waals surface area contributed by atoms with Crippen LogP contribution < -0.4 is 0 Å². The minimum absolute atomic E-state index is 0.329. The molecule has 2 N–H and O–H groups in total. The van der Waals surface area contributed by atoms with Crippen LogP contribution >= 0.6 is 0 Å². The van der Waals surface area contributed by atoms with Gasteiger partial charge in [0.05, 0.1) is 47.6 Å². The fraction of sp³-hybridized carbons (Fsp3) is 0.700. The molecule has 0 radical (unpaired) electrons. The van der Waals surface area contributed by atoms with Gasteiger partial charge in [0.15, 0.2) is 0 Å². The predicted molar refractivity (Wildman–Crippen MR) is 91.0 cm³/mol. The van der Waals surface area contributed by atoms with Crippen LogP contribution in [0, 0.1) is 81.8 Å². The Kier molecular flexibility index (Phi) is 4.57. The molecule has 0 aromatic rings. The lowest BCUT2D eigenvalue weighted by Gasteiger charge is -2.31. The van der Waals surface area contributed by atoms with Crippen molar-refractivity contribution in [3.63, 3.8) is 0 Å². The number of rotatable bonds is 4. The fourth-order valence-electron chi connectivity index (χ4n) is 6.61. The van der Waals surface area contributed by atoms with E-state index in [2.05, 4.69) is 12.1 Å². The molecule has 9 heteroatoms. The maximum absolute atomic E-state index is 12.7. The first-order chi connectivity index (χ1) is 13.8. The molecule has 9 nitrogen and oxygen atoms in total. The number of carboxylic acids is 2. The first-order valence-electron chi connectivity index (χ1n) is 9.78. The molecule has 0 aliphatic heterocycles. The van der Waals surface area contributed by atoms with E-state index in [-0.39, 0.29) is 11.8 Å². The first-order valence-corrected chi connectivity index (χ1v) is 9.78. The molecule has 0 spiro atoms. The lowest BCUT2D eigenvalue weighted by atomic mass is 9.73. The number of carboxylic acid groups (broad SMARTS) is 2. The van der Waals surface area contributed by atoms with Gasteiger partial charge in [-0.2, -0.15) is 10.5 Å². The van der Waals surface area contributed by atoms with E-state index in [0.29, 0.717) is 25.7 Å². The van der Waals surface area contributed by atoms with Gasteiger partial charge in [0, 0.05) is 0 Å². The summed E-state index contributed by atoms with van der Waals surface area (Å²) in [4.78, 5) is 48.9. The van der Waals surface area contributed by atoms with Gasteiger partial charge in [0.2, 0.25) is 0 Å². The summed E-state index contributed by atoms with van der Waals surface area (Å²) in [5.41, 5.74) is 0. The molecule has 29 heavy (non-hydrogen) atoms. The Morgan fingerprint density at radius 3 is 1.38 bits per heavy atom. The van der Waals surface area contributed by atoms with Gasteiger partial charge in [-0.25, -0.2) is 0 Å². The molecule has 0 aromatic heterocycles. The molecule has 152 valence electrons. The molecular weight excluding hydrogens is 380 g/mol. The number of fused-ring (bicyclic) bond motifs is 4. The largest absolute Gasteiger partial charge is 0.481 e. The molecular formula is C20H20N2O7. The van der Waals surface area contributed by atoms with E-state index in [1.54, 1.807) is 0 Å². The molecule has 0 saturated heterocycles. The minimum Gasteiger partial charge on any atom is -0.481 e. The van der Waals surface area contributed by atoms with Crippen molar-refractivity contribution < 1.29 is 34.1 Å². The van der Waals surface area contributed by atoms with E-state index in [9.17, 15) is 39.9 Å². The summed E-state index contributed by atoms with van der Waals surface area (Å²) in [5, 5.41) is 37.5. The van der Waals surface area contributed by atoms with Crippen LogP contribution in [0.3, 0.4) is 0 Å². The van der Waals surface area contributed by atoms with E-state index in [0.717, 1.165) is 0 Å². The second-order valence-electron chi connectivity index (χ2n) is 8.78. The summed E-state index contributed by atoms with van der Waals surface area (Å²) in [6.07, 6.45) is 1.65. The van der Waals surface area contributed by atoms with Crippen molar-refractivity contribution in [2.24, 2.45) is 59.2 Å². The number of aliphatic carboxylic acids is 2. The highest BCUT2D eigenvalue weighted by molar-refractivity contribution is 5.93. The Labute approximate surface area is 166 Å². The number of nitriles is 2. The van der Waals surface area contributed by atoms with Crippen LogP contribution in [0.15, 0.2) is 0 Å². The minimum atomic E-state index is -1.19. The third-order valence-corrected chi connectivity index (χ3v) is 7.66. The van der Waals surface area contributed by atoms with E-state index < -0.39 is 71.2 Å². The van der Waals surface area contributed by atoms with Gasteiger partial charge in [-0.3, -0.25) is 19.2 Å². The van der Waals surface area contributed by atoms with Crippen LogP contribution in [0.5, 0.6) is 0 Å². The molecule has 10 atom stereocenters. The number of nitrogens with zero attached hydrogens (tertiary/aromatic N) is 2.